The van der Waals surface area contributed by atoms with Crippen LogP contribution in [0.25, 0.3) is 0 Å². The van der Waals surface area contributed by atoms with Crippen LogP contribution in [0.5, 0.6) is 0 Å². The Morgan fingerprint density at radius 1 is 1.37 bits per heavy atom. The zero-order valence-corrected chi connectivity index (χ0v) is 11.3. The molecule has 0 aromatic heterocycles. The minimum atomic E-state index is -0.806. The van der Waals surface area contributed by atoms with Gasteiger partial charge in [0.15, 0.2) is 0 Å². The Hall–Kier alpha value is -1.84. The number of rotatable bonds is 3. The summed E-state index contributed by atoms with van der Waals surface area (Å²) in [7, 11) is 0. The highest BCUT2D eigenvalue weighted by molar-refractivity contribution is 5.80. The van der Waals surface area contributed by atoms with Crippen molar-refractivity contribution in [3.05, 3.63) is 34.9 Å². The molecule has 4 nitrogen and oxygen atoms in total. The summed E-state index contributed by atoms with van der Waals surface area (Å²) >= 11 is 0. The second-order valence-electron chi connectivity index (χ2n) is 5.22. The van der Waals surface area contributed by atoms with Crippen LogP contribution in [0.15, 0.2) is 18.2 Å². The first-order valence-corrected chi connectivity index (χ1v) is 6.54. The average Bonchev–Trinajstić information content (AvgIpc) is 2.35. The summed E-state index contributed by atoms with van der Waals surface area (Å²) in [5, 5.41) is 9.08. The van der Waals surface area contributed by atoms with E-state index < -0.39 is 11.9 Å². The van der Waals surface area contributed by atoms with Crippen molar-refractivity contribution >= 4 is 11.9 Å². The van der Waals surface area contributed by atoms with Crippen molar-refractivity contribution in [2.45, 2.75) is 33.2 Å². The van der Waals surface area contributed by atoms with Gasteiger partial charge in [-0.1, -0.05) is 18.2 Å². The number of carboxylic acid groups (broad SMARTS) is 1. The van der Waals surface area contributed by atoms with Gasteiger partial charge in [-0.25, -0.2) is 0 Å². The molecule has 0 aliphatic carbocycles. The molecule has 0 bridgehead atoms. The van der Waals surface area contributed by atoms with E-state index in [0.29, 0.717) is 25.9 Å². The number of likely N-dealkylation sites (tertiary alicyclic amines) is 1. The van der Waals surface area contributed by atoms with Crippen molar-refractivity contribution < 1.29 is 14.7 Å². The second kappa shape index (κ2) is 5.43. The molecular weight excluding hydrogens is 242 g/mol. The Labute approximate surface area is 113 Å². The minimum Gasteiger partial charge on any atom is -0.481 e. The Morgan fingerprint density at radius 2 is 2.00 bits per heavy atom. The van der Waals surface area contributed by atoms with E-state index in [1.807, 2.05) is 32.0 Å². The maximum Gasteiger partial charge on any atom is 0.308 e. The van der Waals surface area contributed by atoms with Gasteiger partial charge in [-0.2, -0.15) is 0 Å². The monoisotopic (exact) mass is 261 g/mol. The van der Waals surface area contributed by atoms with E-state index in [2.05, 4.69) is 0 Å². The van der Waals surface area contributed by atoms with Crippen LogP contribution in [0, 0.1) is 19.8 Å². The SMILES string of the molecule is Cc1cccc(C)c1CN1CC(C(=O)O)CCC1=O. The third-order valence-electron chi connectivity index (χ3n) is 3.84. The number of nitrogens with zero attached hydrogens (tertiary/aromatic N) is 1. The van der Waals surface area contributed by atoms with Crippen molar-refractivity contribution in [3.63, 3.8) is 0 Å². The molecule has 1 aromatic rings. The Bertz CT molecular complexity index is 490. The molecule has 1 heterocycles. The summed E-state index contributed by atoms with van der Waals surface area (Å²) in [5.41, 5.74) is 3.41. The van der Waals surface area contributed by atoms with E-state index in [-0.39, 0.29) is 5.91 Å². The normalized spacial score (nSPS) is 19.6. The molecule has 2 rings (SSSR count). The molecule has 19 heavy (non-hydrogen) atoms. The van der Waals surface area contributed by atoms with Gasteiger partial charge in [0.1, 0.15) is 0 Å². The van der Waals surface area contributed by atoms with Crippen LogP contribution in [0.3, 0.4) is 0 Å². The lowest BCUT2D eigenvalue weighted by Crippen LogP contribution is -2.42. The molecule has 1 aliphatic rings. The van der Waals surface area contributed by atoms with Gasteiger partial charge in [0.05, 0.1) is 5.92 Å². The quantitative estimate of drug-likeness (QED) is 0.906. The lowest BCUT2D eigenvalue weighted by atomic mass is 9.96. The van der Waals surface area contributed by atoms with Crippen LogP contribution in [-0.2, 0) is 16.1 Å². The maximum absolute atomic E-state index is 11.9. The summed E-state index contributed by atoms with van der Waals surface area (Å²) in [6, 6.07) is 6.03. The number of benzene rings is 1. The molecule has 1 unspecified atom stereocenters. The molecule has 1 atom stereocenters. The van der Waals surface area contributed by atoms with Gasteiger partial charge in [-0.3, -0.25) is 9.59 Å². The summed E-state index contributed by atoms with van der Waals surface area (Å²) in [6.45, 7) is 4.87. The zero-order chi connectivity index (χ0) is 14.0. The fourth-order valence-electron chi connectivity index (χ4n) is 2.56. The van der Waals surface area contributed by atoms with E-state index in [1.165, 1.54) is 0 Å². The van der Waals surface area contributed by atoms with Crippen LogP contribution in [0.4, 0.5) is 0 Å². The van der Waals surface area contributed by atoms with E-state index in [4.69, 9.17) is 5.11 Å². The molecule has 1 fully saturated rings. The molecule has 0 saturated carbocycles. The lowest BCUT2D eigenvalue weighted by molar-refractivity contribution is -0.147. The van der Waals surface area contributed by atoms with Gasteiger partial charge < -0.3 is 10.0 Å². The van der Waals surface area contributed by atoms with E-state index in [9.17, 15) is 9.59 Å². The van der Waals surface area contributed by atoms with Crippen molar-refractivity contribution in [2.24, 2.45) is 5.92 Å². The number of hydrogen-bond donors (Lipinski definition) is 1. The van der Waals surface area contributed by atoms with E-state index >= 15 is 0 Å². The molecule has 0 radical (unpaired) electrons. The van der Waals surface area contributed by atoms with Crippen LogP contribution in [0.1, 0.15) is 29.5 Å². The molecule has 1 aromatic carbocycles. The second-order valence-corrected chi connectivity index (χ2v) is 5.22. The topological polar surface area (TPSA) is 57.6 Å². The highest BCUT2D eigenvalue weighted by Crippen LogP contribution is 2.22. The number of aliphatic carboxylic acids is 1. The standard InChI is InChI=1S/C15H19NO3/c1-10-4-3-5-11(2)13(10)9-16-8-12(15(18)19)6-7-14(16)17/h3-5,12H,6-9H2,1-2H3,(H,18,19). The summed E-state index contributed by atoms with van der Waals surface area (Å²) in [6.07, 6.45) is 0.791. The molecule has 1 N–H and O–H groups in total. The predicted molar refractivity (Wildman–Crippen MR) is 71.7 cm³/mol. The smallest absolute Gasteiger partial charge is 0.308 e. The molecule has 102 valence electrons. The zero-order valence-electron chi connectivity index (χ0n) is 11.3. The molecule has 1 saturated heterocycles. The fraction of sp³-hybridized carbons (Fsp3) is 0.467. The summed E-state index contributed by atoms with van der Waals surface area (Å²) < 4.78 is 0. The van der Waals surface area contributed by atoms with Crippen LogP contribution in [-0.4, -0.2) is 28.4 Å². The molecule has 0 spiro atoms. The third kappa shape index (κ3) is 2.95. The minimum absolute atomic E-state index is 0.0557. The van der Waals surface area contributed by atoms with Gasteiger partial charge in [-0.05, 0) is 37.0 Å². The highest BCUT2D eigenvalue weighted by Gasteiger charge is 2.30. The predicted octanol–water partition coefficient (Wildman–Crippen LogP) is 2.13. The van der Waals surface area contributed by atoms with Crippen molar-refractivity contribution in [1.29, 1.82) is 0 Å². The van der Waals surface area contributed by atoms with E-state index in [0.717, 1.165) is 16.7 Å². The first kappa shape index (κ1) is 13.6. The summed E-state index contributed by atoms with van der Waals surface area (Å²) in [4.78, 5) is 24.7. The van der Waals surface area contributed by atoms with Gasteiger partial charge in [0.25, 0.3) is 0 Å². The number of carboxylic acids is 1. The van der Waals surface area contributed by atoms with Gasteiger partial charge >= 0.3 is 5.97 Å². The van der Waals surface area contributed by atoms with Crippen molar-refractivity contribution in [2.75, 3.05) is 6.54 Å². The summed E-state index contributed by atoms with van der Waals surface area (Å²) in [5.74, 6) is -1.18. The van der Waals surface area contributed by atoms with Gasteiger partial charge in [-0.15, -0.1) is 0 Å². The Morgan fingerprint density at radius 3 is 2.58 bits per heavy atom. The molecule has 4 heteroatoms. The Balaban J connectivity index is 2.17. The van der Waals surface area contributed by atoms with E-state index in [1.54, 1.807) is 4.90 Å². The van der Waals surface area contributed by atoms with Gasteiger partial charge in [0.2, 0.25) is 5.91 Å². The molecular formula is C15H19NO3. The third-order valence-corrected chi connectivity index (χ3v) is 3.84. The first-order chi connectivity index (χ1) is 8.99. The fourth-order valence-corrected chi connectivity index (χ4v) is 2.56. The molecule has 1 aliphatic heterocycles. The van der Waals surface area contributed by atoms with Crippen molar-refractivity contribution in [1.82, 2.24) is 4.90 Å². The Kier molecular flexibility index (Phi) is 3.88. The number of piperidine rings is 1. The molecule has 1 amide bonds. The van der Waals surface area contributed by atoms with Gasteiger partial charge in [0, 0.05) is 19.5 Å². The number of carbonyl (C=O) groups excluding carboxylic acids is 1. The lowest BCUT2D eigenvalue weighted by Gasteiger charge is -2.31. The largest absolute Gasteiger partial charge is 0.481 e. The first-order valence-electron chi connectivity index (χ1n) is 6.54. The number of aryl methyl sites for hydroxylation is 2. The highest BCUT2D eigenvalue weighted by atomic mass is 16.4. The number of hydrogen-bond acceptors (Lipinski definition) is 2. The number of carbonyl (C=O) groups is 2. The number of amides is 1. The van der Waals surface area contributed by atoms with Crippen LogP contribution < -0.4 is 0 Å². The van der Waals surface area contributed by atoms with Crippen LogP contribution in [0.2, 0.25) is 0 Å². The van der Waals surface area contributed by atoms with Crippen LogP contribution >= 0.6 is 0 Å². The average molecular weight is 261 g/mol. The maximum atomic E-state index is 11.9. The van der Waals surface area contributed by atoms with Crippen molar-refractivity contribution in [3.8, 4) is 0 Å².